The van der Waals surface area contributed by atoms with Gasteiger partial charge in [0.15, 0.2) is 5.11 Å². The van der Waals surface area contributed by atoms with Crippen molar-refractivity contribution in [1.29, 1.82) is 5.41 Å². The Morgan fingerprint density at radius 2 is 2.04 bits per heavy atom. The maximum Gasteiger partial charge on any atom is 0.238 e. The molecule has 1 spiro atoms. The molecular weight excluding hydrogens is 390 g/mol. The van der Waals surface area contributed by atoms with Gasteiger partial charge in [-0.25, -0.2) is 0 Å². The second kappa shape index (κ2) is 9.54. The number of nitrogens with one attached hydrogen (secondary N) is 3. The van der Waals surface area contributed by atoms with Gasteiger partial charge in [-0.1, -0.05) is 42.5 Å². The molecular formula is C20H27N5OS2. The fourth-order valence-corrected chi connectivity index (χ4v) is 4.37. The van der Waals surface area contributed by atoms with E-state index in [-0.39, 0.29) is 17.6 Å². The summed E-state index contributed by atoms with van der Waals surface area (Å²) < 4.78 is 0. The number of piperidine rings is 1. The first-order chi connectivity index (χ1) is 13.6. The summed E-state index contributed by atoms with van der Waals surface area (Å²) in [4.78, 5) is 16.7. The van der Waals surface area contributed by atoms with E-state index in [1.807, 2.05) is 23.1 Å². The Kier molecular flexibility index (Phi) is 7.09. The molecule has 3 N–H and O–H groups in total. The van der Waals surface area contributed by atoms with Crippen LogP contribution >= 0.6 is 24.4 Å². The molecule has 150 valence electrons. The van der Waals surface area contributed by atoms with Crippen molar-refractivity contribution in [2.24, 2.45) is 0 Å². The van der Waals surface area contributed by atoms with Crippen LogP contribution in [0.25, 0.3) is 0 Å². The third kappa shape index (κ3) is 4.74. The zero-order valence-electron chi connectivity index (χ0n) is 15.9. The molecule has 2 saturated heterocycles. The molecule has 0 aromatic heterocycles. The highest BCUT2D eigenvalue weighted by molar-refractivity contribution is 7.80. The standard InChI is InChI=1S/C20H27N5OS2/c21-13-17(7-4-12-27)23-19(28)24-10-8-20(9-11-24)22-14-18(26)25(20)15-16-5-2-1-3-6-16/h1-3,5-6,12-13,17,21-22H,4,7-11,14-15H2,(H,23,28). The molecule has 3 rings (SSSR count). The van der Waals surface area contributed by atoms with Crippen molar-refractivity contribution in [2.45, 2.75) is 43.9 Å². The van der Waals surface area contributed by atoms with Crippen LogP contribution in [0.2, 0.25) is 0 Å². The van der Waals surface area contributed by atoms with E-state index in [0.717, 1.165) is 44.3 Å². The second-order valence-corrected chi connectivity index (χ2v) is 8.02. The number of hydrogen-bond donors (Lipinski definition) is 3. The van der Waals surface area contributed by atoms with Gasteiger partial charge in [0.2, 0.25) is 5.91 Å². The highest BCUT2D eigenvalue weighted by Crippen LogP contribution is 2.31. The predicted octanol–water partition coefficient (Wildman–Crippen LogP) is 2.08. The number of nitrogens with zero attached hydrogens (tertiary/aromatic N) is 2. The Morgan fingerprint density at radius 1 is 1.32 bits per heavy atom. The molecule has 0 saturated carbocycles. The molecule has 1 aromatic rings. The molecule has 1 unspecified atom stereocenters. The van der Waals surface area contributed by atoms with Gasteiger partial charge in [0, 0.05) is 38.7 Å². The van der Waals surface area contributed by atoms with Crippen LogP contribution in [0.4, 0.5) is 0 Å². The molecule has 8 heteroatoms. The van der Waals surface area contributed by atoms with Crippen molar-refractivity contribution in [2.75, 3.05) is 19.6 Å². The van der Waals surface area contributed by atoms with E-state index in [0.29, 0.717) is 18.2 Å². The van der Waals surface area contributed by atoms with Gasteiger partial charge >= 0.3 is 0 Å². The smallest absolute Gasteiger partial charge is 0.238 e. The van der Waals surface area contributed by atoms with Gasteiger partial charge in [0.25, 0.3) is 0 Å². The number of rotatable bonds is 7. The fraction of sp³-hybridized carbons (Fsp3) is 0.500. The molecule has 2 aliphatic rings. The lowest BCUT2D eigenvalue weighted by Crippen LogP contribution is -2.60. The van der Waals surface area contributed by atoms with E-state index in [9.17, 15) is 4.79 Å². The predicted molar refractivity (Wildman–Crippen MR) is 120 cm³/mol. The minimum Gasteiger partial charge on any atom is -0.355 e. The lowest BCUT2D eigenvalue weighted by atomic mass is 9.95. The van der Waals surface area contributed by atoms with Gasteiger partial charge in [-0.3, -0.25) is 10.1 Å². The van der Waals surface area contributed by atoms with Crippen LogP contribution in [0.3, 0.4) is 0 Å². The minimum atomic E-state index is -0.294. The van der Waals surface area contributed by atoms with Gasteiger partial charge in [0.05, 0.1) is 18.2 Å². The number of thiocarbonyl (C=S) groups is 2. The minimum absolute atomic E-state index is 0.0941. The highest BCUT2D eigenvalue weighted by Gasteiger charge is 2.46. The lowest BCUT2D eigenvalue weighted by molar-refractivity contribution is -0.132. The first-order valence-electron chi connectivity index (χ1n) is 9.67. The monoisotopic (exact) mass is 417 g/mol. The van der Waals surface area contributed by atoms with E-state index in [1.165, 1.54) is 6.21 Å². The summed E-state index contributed by atoms with van der Waals surface area (Å²) in [5.74, 6) is 0.155. The zero-order chi connectivity index (χ0) is 20.0. The van der Waals surface area contributed by atoms with Crippen LogP contribution in [-0.4, -0.2) is 63.7 Å². The first kappa shape index (κ1) is 20.8. The average molecular weight is 418 g/mol. The molecule has 28 heavy (non-hydrogen) atoms. The second-order valence-electron chi connectivity index (χ2n) is 7.30. The molecule has 0 bridgehead atoms. The number of hydrogen-bond acceptors (Lipinski definition) is 5. The molecule has 1 atom stereocenters. The van der Waals surface area contributed by atoms with Crippen LogP contribution in [0.15, 0.2) is 30.3 Å². The maximum atomic E-state index is 12.5. The molecule has 1 aromatic carbocycles. The molecule has 0 aliphatic carbocycles. The summed E-state index contributed by atoms with van der Waals surface area (Å²) in [6, 6.07) is 10.0. The summed E-state index contributed by atoms with van der Waals surface area (Å²) in [6.07, 6.45) is 4.57. The van der Waals surface area contributed by atoms with Crippen molar-refractivity contribution in [3.63, 3.8) is 0 Å². The third-order valence-corrected chi connectivity index (χ3v) is 6.17. The van der Waals surface area contributed by atoms with Crippen molar-refractivity contribution >= 4 is 47.0 Å². The Hall–Kier alpha value is -1.90. The van der Waals surface area contributed by atoms with Crippen LogP contribution in [0, 0.1) is 5.41 Å². The topological polar surface area (TPSA) is 71.5 Å². The SMILES string of the molecule is N=CC(CCC=S)NC(=S)N1CCC2(CC1)NCC(=O)N2Cc1ccccc1. The molecule has 0 radical (unpaired) electrons. The van der Waals surface area contributed by atoms with Gasteiger partial charge in [0.1, 0.15) is 0 Å². The number of amides is 1. The maximum absolute atomic E-state index is 12.5. The lowest BCUT2D eigenvalue weighted by Gasteiger charge is -2.45. The normalized spacial score (nSPS) is 19.5. The number of benzene rings is 1. The van der Waals surface area contributed by atoms with E-state index in [2.05, 4.69) is 27.7 Å². The van der Waals surface area contributed by atoms with Crippen molar-refractivity contribution in [3.05, 3.63) is 35.9 Å². The Balaban J connectivity index is 1.59. The van der Waals surface area contributed by atoms with Gasteiger partial charge in [-0.05, 0) is 36.0 Å². The molecule has 1 amide bonds. The fourth-order valence-electron chi connectivity index (χ4n) is 3.90. The van der Waals surface area contributed by atoms with E-state index in [1.54, 1.807) is 5.37 Å². The summed E-state index contributed by atoms with van der Waals surface area (Å²) in [7, 11) is 0. The van der Waals surface area contributed by atoms with Crippen LogP contribution < -0.4 is 10.6 Å². The number of likely N-dealkylation sites (tertiary alicyclic amines) is 1. The summed E-state index contributed by atoms with van der Waals surface area (Å²) in [6.45, 7) is 2.57. The van der Waals surface area contributed by atoms with Crippen LogP contribution in [-0.2, 0) is 11.3 Å². The van der Waals surface area contributed by atoms with E-state index >= 15 is 0 Å². The Morgan fingerprint density at radius 3 is 2.68 bits per heavy atom. The number of carbonyl (C=O) groups is 1. The largest absolute Gasteiger partial charge is 0.355 e. The van der Waals surface area contributed by atoms with Crippen LogP contribution in [0.5, 0.6) is 0 Å². The summed E-state index contributed by atoms with van der Waals surface area (Å²) in [5, 5.41) is 16.7. The van der Waals surface area contributed by atoms with Crippen LogP contribution in [0.1, 0.15) is 31.2 Å². The van der Waals surface area contributed by atoms with Crippen molar-refractivity contribution in [3.8, 4) is 0 Å². The molecule has 2 fully saturated rings. The summed E-state index contributed by atoms with van der Waals surface area (Å²) in [5.41, 5.74) is 0.850. The van der Waals surface area contributed by atoms with E-state index in [4.69, 9.17) is 29.8 Å². The summed E-state index contributed by atoms with van der Waals surface area (Å²) >= 11 is 10.4. The third-order valence-electron chi connectivity index (χ3n) is 5.55. The Labute approximate surface area is 177 Å². The average Bonchev–Trinajstić information content (AvgIpc) is 3.02. The molecule has 2 heterocycles. The molecule has 6 nitrogen and oxygen atoms in total. The van der Waals surface area contributed by atoms with Gasteiger partial charge in [-0.2, -0.15) is 0 Å². The zero-order valence-corrected chi connectivity index (χ0v) is 17.5. The highest BCUT2D eigenvalue weighted by atomic mass is 32.1. The quantitative estimate of drug-likeness (QED) is 0.466. The van der Waals surface area contributed by atoms with Crippen molar-refractivity contribution < 1.29 is 4.79 Å². The van der Waals surface area contributed by atoms with Gasteiger partial charge in [-0.15, -0.1) is 0 Å². The van der Waals surface area contributed by atoms with Crippen molar-refractivity contribution in [1.82, 2.24) is 20.4 Å². The first-order valence-corrected chi connectivity index (χ1v) is 10.5. The number of carbonyl (C=O) groups excluding carboxylic acids is 1. The molecule has 2 aliphatic heterocycles. The van der Waals surface area contributed by atoms with E-state index < -0.39 is 0 Å². The van der Waals surface area contributed by atoms with Gasteiger partial charge < -0.3 is 20.5 Å². The Bertz CT molecular complexity index is 719.